The topological polar surface area (TPSA) is 76.2 Å². The van der Waals surface area contributed by atoms with Crippen molar-refractivity contribution in [3.8, 4) is 0 Å². The van der Waals surface area contributed by atoms with E-state index in [9.17, 15) is 4.79 Å². The van der Waals surface area contributed by atoms with Gasteiger partial charge in [-0.15, -0.1) is 0 Å². The molecule has 1 aromatic rings. The Morgan fingerprint density at radius 1 is 1.17 bits per heavy atom. The van der Waals surface area contributed by atoms with Gasteiger partial charge in [-0.05, 0) is 56.3 Å². The molecule has 0 aromatic carbocycles. The molecule has 1 N–H and O–H groups in total. The van der Waals surface area contributed by atoms with E-state index in [1.807, 2.05) is 0 Å². The van der Waals surface area contributed by atoms with Gasteiger partial charge in [-0.25, -0.2) is 4.79 Å². The molecule has 0 spiro atoms. The van der Waals surface area contributed by atoms with Gasteiger partial charge in [0.2, 0.25) is 0 Å². The predicted molar refractivity (Wildman–Crippen MR) is 61.1 cm³/mol. The molecule has 5 nitrogen and oxygen atoms in total. The molecule has 4 bridgehead atoms. The van der Waals surface area contributed by atoms with Crippen LogP contribution in [0.1, 0.15) is 55.0 Å². The minimum absolute atomic E-state index is 0.0198. The van der Waals surface area contributed by atoms with E-state index in [0.717, 1.165) is 37.0 Å². The van der Waals surface area contributed by atoms with Gasteiger partial charge in [0, 0.05) is 5.41 Å². The van der Waals surface area contributed by atoms with Crippen molar-refractivity contribution in [3.63, 3.8) is 0 Å². The Morgan fingerprint density at radius 2 is 1.72 bits per heavy atom. The molecule has 1 heterocycles. The number of hydrogen-bond acceptors (Lipinski definition) is 4. The summed E-state index contributed by atoms with van der Waals surface area (Å²) in [6.07, 6.45) is 7.42. The number of carboxylic acid groups (broad SMARTS) is 1. The average Bonchev–Trinajstić information content (AvgIpc) is 2.76. The molecule has 5 heteroatoms. The molecule has 18 heavy (non-hydrogen) atoms. The summed E-state index contributed by atoms with van der Waals surface area (Å²) in [6.45, 7) is 0. The first-order valence-electron chi connectivity index (χ1n) is 6.72. The molecule has 4 aliphatic carbocycles. The summed E-state index contributed by atoms with van der Waals surface area (Å²) in [4.78, 5) is 15.0. The van der Waals surface area contributed by atoms with Gasteiger partial charge in [0.1, 0.15) is 0 Å². The smallest absolute Gasteiger partial charge is 0.394 e. The van der Waals surface area contributed by atoms with Crippen LogP contribution < -0.4 is 0 Å². The van der Waals surface area contributed by atoms with E-state index in [4.69, 9.17) is 9.63 Å². The van der Waals surface area contributed by atoms with E-state index in [-0.39, 0.29) is 11.3 Å². The highest BCUT2D eigenvalue weighted by Crippen LogP contribution is 2.60. The molecular weight excluding hydrogens is 232 g/mol. The molecule has 0 aliphatic heterocycles. The Hall–Kier alpha value is -1.39. The summed E-state index contributed by atoms with van der Waals surface area (Å²) >= 11 is 0. The van der Waals surface area contributed by atoms with E-state index in [2.05, 4.69) is 10.1 Å². The zero-order valence-corrected chi connectivity index (χ0v) is 10.1. The fourth-order valence-electron chi connectivity index (χ4n) is 4.91. The summed E-state index contributed by atoms with van der Waals surface area (Å²) in [5.74, 6) is 1.65. The van der Waals surface area contributed by atoms with Gasteiger partial charge in [0.15, 0.2) is 5.82 Å². The van der Waals surface area contributed by atoms with E-state index in [0.29, 0.717) is 5.82 Å². The third kappa shape index (κ3) is 1.36. The molecule has 0 unspecified atom stereocenters. The van der Waals surface area contributed by atoms with Gasteiger partial charge in [0.05, 0.1) is 0 Å². The van der Waals surface area contributed by atoms with Crippen LogP contribution in [-0.4, -0.2) is 21.2 Å². The first kappa shape index (κ1) is 10.5. The summed E-state index contributed by atoms with van der Waals surface area (Å²) < 4.78 is 4.85. The standard InChI is InChI=1S/C13H16N2O3/c16-11(17)10-14-12(15-18-10)13-4-7-1-8(5-13)3-9(2-7)6-13/h7-9H,1-6H2,(H,16,17). The van der Waals surface area contributed by atoms with Crippen molar-refractivity contribution in [2.24, 2.45) is 17.8 Å². The van der Waals surface area contributed by atoms with Gasteiger partial charge in [0.25, 0.3) is 0 Å². The van der Waals surface area contributed by atoms with Crippen LogP contribution in [0.5, 0.6) is 0 Å². The lowest BCUT2D eigenvalue weighted by atomic mass is 9.49. The summed E-state index contributed by atoms with van der Waals surface area (Å²) in [7, 11) is 0. The lowest BCUT2D eigenvalue weighted by Crippen LogP contribution is -2.49. The Balaban J connectivity index is 1.72. The molecule has 0 radical (unpaired) electrons. The van der Waals surface area contributed by atoms with Crippen molar-refractivity contribution in [2.75, 3.05) is 0 Å². The lowest BCUT2D eigenvalue weighted by Gasteiger charge is -2.55. The molecule has 0 amide bonds. The van der Waals surface area contributed by atoms with Crippen LogP contribution in [0.4, 0.5) is 0 Å². The second-order valence-electron chi connectivity index (χ2n) is 6.43. The zero-order chi connectivity index (χ0) is 12.3. The van der Waals surface area contributed by atoms with E-state index in [1.165, 1.54) is 19.3 Å². The quantitative estimate of drug-likeness (QED) is 0.868. The summed E-state index contributed by atoms with van der Waals surface area (Å²) in [6, 6.07) is 0. The largest absolute Gasteiger partial charge is 0.474 e. The fourth-order valence-corrected chi connectivity index (χ4v) is 4.91. The van der Waals surface area contributed by atoms with E-state index < -0.39 is 5.97 Å². The van der Waals surface area contributed by atoms with E-state index in [1.54, 1.807) is 0 Å². The maximum atomic E-state index is 10.8. The van der Waals surface area contributed by atoms with Gasteiger partial charge in [-0.2, -0.15) is 4.98 Å². The number of aromatic carboxylic acids is 1. The van der Waals surface area contributed by atoms with Crippen LogP contribution in [0.3, 0.4) is 0 Å². The van der Waals surface area contributed by atoms with Crippen LogP contribution in [-0.2, 0) is 5.41 Å². The molecule has 4 saturated carbocycles. The number of hydrogen-bond donors (Lipinski definition) is 1. The van der Waals surface area contributed by atoms with Crippen molar-refractivity contribution < 1.29 is 14.4 Å². The minimum atomic E-state index is -1.13. The molecule has 4 fully saturated rings. The highest BCUT2D eigenvalue weighted by Gasteiger charge is 2.53. The molecule has 96 valence electrons. The molecule has 0 saturated heterocycles. The van der Waals surface area contributed by atoms with Crippen LogP contribution in [0.25, 0.3) is 0 Å². The van der Waals surface area contributed by atoms with Crippen molar-refractivity contribution in [2.45, 2.75) is 43.9 Å². The first-order valence-corrected chi connectivity index (χ1v) is 6.72. The zero-order valence-electron chi connectivity index (χ0n) is 10.1. The third-order valence-electron chi connectivity index (χ3n) is 5.12. The van der Waals surface area contributed by atoms with Crippen molar-refractivity contribution in [1.82, 2.24) is 10.1 Å². The number of nitrogens with zero attached hydrogens (tertiary/aromatic N) is 2. The van der Waals surface area contributed by atoms with Crippen molar-refractivity contribution in [3.05, 3.63) is 11.7 Å². The normalized spacial score (nSPS) is 41.2. The monoisotopic (exact) mass is 248 g/mol. The maximum Gasteiger partial charge on any atom is 0.394 e. The Bertz CT molecular complexity index is 473. The predicted octanol–water partition coefficient (Wildman–Crippen LogP) is 2.24. The van der Waals surface area contributed by atoms with Crippen LogP contribution in [0.15, 0.2) is 4.52 Å². The van der Waals surface area contributed by atoms with Gasteiger partial charge in [-0.3, -0.25) is 0 Å². The maximum absolute atomic E-state index is 10.8. The summed E-state index contributed by atoms with van der Waals surface area (Å²) in [5.41, 5.74) is 0.0198. The Kier molecular flexibility index (Phi) is 1.95. The first-order chi connectivity index (χ1) is 8.64. The molecule has 5 rings (SSSR count). The number of carbonyl (C=O) groups is 1. The Labute approximate surface area is 105 Å². The lowest BCUT2D eigenvalue weighted by molar-refractivity contribution is -0.0103. The highest BCUT2D eigenvalue weighted by molar-refractivity contribution is 5.81. The van der Waals surface area contributed by atoms with Crippen molar-refractivity contribution in [1.29, 1.82) is 0 Å². The van der Waals surface area contributed by atoms with Gasteiger partial charge < -0.3 is 9.63 Å². The SMILES string of the molecule is O=C(O)c1nc(C23CC4CC(CC(C4)C2)C3)no1. The second kappa shape index (κ2) is 3.33. The van der Waals surface area contributed by atoms with E-state index >= 15 is 0 Å². The molecular formula is C13H16N2O3. The fraction of sp³-hybridized carbons (Fsp3) is 0.769. The van der Waals surface area contributed by atoms with Crippen molar-refractivity contribution >= 4 is 5.97 Å². The molecule has 1 aromatic heterocycles. The number of carboxylic acids is 1. The molecule has 4 aliphatic rings. The van der Waals surface area contributed by atoms with Crippen LogP contribution in [0, 0.1) is 17.8 Å². The third-order valence-corrected chi connectivity index (χ3v) is 5.12. The summed E-state index contributed by atoms with van der Waals surface area (Å²) in [5, 5.41) is 12.8. The van der Waals surface area contributed by atoms with Crippen LogP contribution in [0.2, 0.25) is 0 Å². The number of aromatic nitrogens is 2. The average molecular weight is 248 g/mol. The van der Waals surface area contributed by atoms with Gasteiger partial charge >= 0.3 is 11.9 Å². The van der Waals surface area contributed by atoms with Crippen LogP contribution >= 0.6 is 0 Å². The second-order valence-corrected chi connectivity index (χ2v) is 6.43. The number of rotatable bonds is 2. The minimum Gasteiger partial charge on any atom is -0.474 e. The van der Waals surface area contributed by atoms with Gasteiger partial charge in [-0.1, -0.05) is 5.16 Å². The molecule has 0 atom stereocenters. The highest BCUT2D eigenvalue weighted by atomic mass is 16.5. The Morgan fingerprint density at radius 3 is 2.17 bits per heavy atom.